The summed E-state index contributed by atoms with van der Waals surface area (Å²) in [4.78, 5) is 6.12. The molecule has 1 aliphatic rings. The zero-order chi connectivity index (χ0) is 15.7. The summed E-state index contributed by atoms with van der Waals surface area (Å²) < 4.78 is 33.6. The van der Waals surface area contributed by atoms with Crippen molar-refractivity contribution in [2.75, 3.05) is 12.0 Å². The number of fused-ring (bicyclic) bond motifs is 1. The van der Waals surface area contributed by atoms with Gasteiger partial charge in [0.05, 0.1) is 7.11 Å². The van der Waals surface area contributed by atoms with Gasteiger partial charge in [-0.15, -0.1) is 4.40 Å². The van der Waals surface area contributed by atoms with Crippen molar-refractivity contribution in [2.45, 2.75) is 18.2 Å². The molecule has 6 nitrogen and oxygen atoms in total. The van der Waals surface area contributed by atoms with Crippen molar-refractivity contribution in [3.8, 4) is 5.75 Å². The smallest absolute Gasteiger partial charge is 0.287 e. The van der Waals surface area contributed by atoms with Gasteiger partial charge in [0.1, 0.15) is 16.5 Å². The molecule has 0 atom stereocenters. The normalized spacial score (nSPS) is 15.9. The van der Waals surface area contributed by atoms with Crippen molar-refractivity contribution in [1.29, 1.82) is 0 Å². The lowest BCUT2D eigenvalue weighted by molar-refractivity contribution is 0.415. The molecule has 0 spiro atoms. The first-order chi connectivity index (χ1) is 10.6. The Morgan fingerprint density at radius 3 is 2.55 bits per heavy atom. The average Bonchev–Trinajstić information content (AvgIpc) is 2.54. The number of methoxy groups -OCH3 is 1. The maximum Gasteiger partial charge on any atom is 0.287 e. The van der Waals surface area contributed by atoms with Gasteiger partial charge in [-0.25, -0.2) is 4.98 Å². The number of aromatic nitrogens is 1. The first kappa shape index (κ1) is 14.5. The Bertz CT molecular complexity index is 829. The fraction of sp³-hybridized carbons (Fsp3) is 0.200. The van der Waals surface area contributed by atoms with E-state index in [2.05, 4.69) is 9.38 Å². The molecule has 2 heterocycles. The third-order valence-corrected chi connectivity index (χ3v) is 4.70. The molecule has 0 bridgehead atoms. The van der Waals surface area contributed by atoms with Gasteiger partial charge >= 0.3 is 0 Å². The maximum absolute atomic E-state index is 12.2. The minimum Gasteiger partial charge on any atom is -0.497 e. The van der Waals surface area contributed by atoms with E-state index in [4.69, 9.17) is 4.74 Å². The molecular formula is C15H15N3O3S. The Hall–Kier alpha value is -2.41. The van der Waals surface area contributed by atoms with Crippen LogP contribution in [0.25, 0.3) is 0 Å². The number of rotatable bonds is 3. The van der Waals surface area contributed by atoms with Crippen LogP contribution in [0.15, 0.2) is 51.9 Å². The summed E-state index contributed by atoms with van der Waals surface area (Å²) in [6, 6.07) is 10.4. The van der Waals surface area contributed by atoms with Gasteiger partial charge < -0.3 is 4.74 Å². The molecule has 1 aromatic heterocycles. The lowest BCUT2D eigenvalue weighted by Gasteiger charge is -2.29. The number of amidine groups is 1. The van der Waals surface area contributed by atoms with Crippen LogP contribution in [0.3, 0.4) is 0 Å². The summed E-state index contributed by atoms with van der Waals surface area (Å²) >= 11 is 0. The Labute approximate surface area is 129 Å². The molecule has 0 unspecified atom stereocenters. The van der Waals surface area contributed by atoms with Gasteiger partial charge in [-0.05, 0) is 36.4 Å². The summed E-state index contributed by atoms with van der Waals surface area (Å²) in [5, 5.41) is 0. The Morgan fingerprint density at radius 2 is 1.91 bits per heavy atom. The average molecular weight is 317 g/mol. The number of hydrogen-bond acceptors (Lipinski definition) is 5. The highest BCUT2D eigenvalue weighted by atomic mass is 32.2. The second-order valence-corrected chi connectivity index (χ2v) is 6.27. The number of ether oxygens (including phenoxy) is 1. The molecule has 0 saturated heterocycles. The molecule has 7 heteroatoms. The van der Waals surface area contributed by atoms with E-state index < -0.39 is 10.0 Å². The van der Waals surface area contributed by atoms with Crippen molar-refractivity contribution < 1.29 is 13.2 Å². The van der Waals surface area contributed by atoms with Crippen molar-refractivity contribution in [3.05, 3.63) is 42.6 Å². The van der Waals surface area contributed by atoms with Gasteiger partial charge in [-0.3, -0.25) is 4.90 Å². The maximum atomic E-state index is 12.2. The third kappa shape index (κ3) is 2.33. The summed E-state index contributed by atoms with van der Waals surface area (Å²) in [6.07, 6.45) is 2.05. The first-order valence-corrected chi connectivity index (χ1v) is 8.24. The fourth-order valence-electron chi connectivity index (χ4n) is 2.33. The number of sulfonamides is 1. The second-order valence-electron chi connectivity index (χ2n) is 4.69. The molecule has 0 radical (unpaired) electrons. The highest BCUT2D eigenvalue weighted by Gasteiger charge is 2.31. The van der Waals surface area contributed by atoms with E-state index in [0.717, 1.165) is 11.4 Å². The minimum absolute atomic E-state index is 0.114. The largest absolute Gasteiger partial charge is 0.497 e. The SMILES string of the molecule is CCC1=NS(=O)(=O)c2cccnc2N1c1ccc(OC)cc1. The second kappa shape index (κ2) is 5.42. The van der Waals surface area contributed by atoms with Crippen molar-refractivity contribution >= 4 is 27.4 Å². The molecule has 114 valence electrons. The van der Waals surface area contributed by atoms with Gasteiger partial charge in [0.2, 0.25) is 0 Å². The van der Waals surface area contributed by atoms with Crippen molar-refractivity contribution in [2.24, 2.45) is 4.40 Å². The van der Waals surface area contributed by atoms with Gasteiger partial charge in [-0.1, -0.05) is 6.92 Å². The monoisotopic (exact) mass is 317 g/mol. The highest BCUT2D eigenvalue weighted by molar-refractivity contribution is 7.90. The molecule has 0 fully saturated rings. The van der Waals surface area contributed by atoms with Crippen LogP contribution in [0.2, 0.25) is 0 Å². The molecule has 1 aliphatic heterocycles. The summed E-state index contributed by atoms with van der Waals surface area (Å²) in [5.74, 6) is 1.54. The molecule has 1 aromatic carbocycles. The summed E-state index contributed by atoms with van der Waals surface area (Å²) in [7, 11) is -2.10. The summed E-state index contributed by atoms with van der Waals surface area (Å²) in [6.45, 7) is 1.86. The van der Waals surface area contributed by atoms with Crippen LogP contribution < -0.4 is 9.64 Å². The highest BCUT2D eigenvalue weighted by Crippen LogP contribution is 2.35. The number of nitrogens with zero attached hydrogens (tertiary/aromatic N) is 3. The zero-order valence-electron chi connectivity index (χ0n) is 12.2. The van der Waals surface area contributed by atoms with E-state index in [-0.39, 0.29) is 4.90 Å². The van der Waals surface area contributed by atoms with Gasteiger partial charge in [0.15, 0.2) is 5.82 Å². The Morgan fingerprint density at radius 1 is 1.18 bits per heavy atom. The molecule has 3 rings (SSSR count). The third-order valence-electron chi connectivity index (χ3n) is 3.37. The van der Waals surface area contributed by atoms with Crippen LogP contribution in [0.1, 0.15) is 13.3 Å². The number of hydrogen-bond donors (Lipinski definition) is 0. The van der Waals surface area contributed by atoms with Crippen LogP contribution in [0.5, 0.6) is 5.75 Å². The molecule has 2 aromatic rings. The van der Waals surface area contributed by atoms with Crippen LogP contribution in [0, 0.1) is 0 Å². The number of pyridine rings is 1. The zero-order valence-corrected chi connectivity index (χ0v) is 13.0. The lowest BCUT2D eigenvalue weighted by atomic mass is 10.2. The van der Waals surface area contributed by atoms with Crippen LogP contribution in [-0.4, -0.2) is 26.3 Å². The van der Waals surface area contributed by atoms with Gasteiger partial charge in [0, 0.05) is 18.3 Å². The molecule has 22 heavy (non-hydrogen) atoms. The molecule has 0 aliphatic carbocycles. The van der Waals surface area contributed by atoms with E-state index in [1.165, 1.54) is 6.07 Å². The Balaban J connectivity index is 2.20. The fourth-order valence-corrected chi connectivity index (χ4v) is 3.54. The van der Waals surface area contributed by atoms with E-state index in [1.54, 1.807) is 24.3 Å². The molecular weight excluding hydrogens is 302 g/mol. The first-order valence-electron chi connectivity index (χ1n) is 6.80. The number of benzene rings is 1. The van der Waals surface area contributed by atoms with E-state index in [0.29, 0.717) is 18.1 Å². The lowest BCUT2D eigenvalue weighted by Crippen LogP contribution is -2.32. The van der Waals surface area contributed by atoms with Crippen molar-refractivity contribution in [1.82, 2.24) is 4.98 Å². The Kier molecular flexibility index (Phi) is 3.58. The molecule has 0 amide bonds. The predicted molar refractivity (Wildman–Crippen MR) is 84.3 cm³/mol. The van der Waals surface area contributed by atoms with E-state index >= 15 is 0 Å². The minimum atomic E-state index is -3.70. The standard InChI is InChI=1S/C15H15N3O3S/c1-3-14-17-22(19,20)13-5-4-10-16-15(13)18(14)11-6-8-12(21-2)9-7-11/h4-10H,3H2,1-2H3. The summed E-state index contributed by atoms with van der Waals surface area (Å²) in [5.41, 5.74) is 0.788. The van der Waals surface area contributed by atoms with Crippen LogP contribution >= 0.6 is 0 Å². The predicted octanol–water partition coefficient (Wildman–Crippen LogP) is 2.74. The van der Waals surface area contributed by atoms with E-state index in [9.17, 15) is 8.42 Å². The molecule has 0 saturated carbocycles. The van der Waals surface area contributed by atoms with E-state index in [1.807, 2.05) is 31.2 Å². The van der Waals surface area contributed by atoms with Crippen molar-refractivity contribution in [3.63, 3.8) is 0 Å². The quantitative estimate of drug-likeness (QED) is 0.870. The van der Waals surface area contributed by atoms with Crippen LogP contribution in [0.4, 0.5) is 11.5 Å². The van der Waals surface area contributed by atoms with Crippen LogP contribution in [-0.2, 0) is 10.0 Å². The number of anilines is 2. The van der Waals surface area contributed by atoms with Gasteiger partial charge in [0.25, 0.3) is 10.0 Å². The topological polar surface area (TPSA) is 71.9 Å². The van der Waals surface area contributed by atoms with Gasteiger partial charge in [-0.2, -0.15) is 8.42 Å². The molecule has 0 N–H and O–H groups in total.